The van der Waals surface area contributed by atoms with Crippen molar-refractivity contribution < 1.29 is 14.7 Å². The van der Waals surface area contributed by atoms with Crippen molar-refractivity contribution >= 4 is 45.4 Å². The quantitative estimate of drug-likeness (QED) is 0.833. The van der Waals surface area contributed by atoms with Crippen LogP contribution in [0.2, 0.25) is 0 Å². The van der Waals surface area contributed by atoms with Gasteiger partial charge in [-0.05, 0) is 41.1 Å². The zero-order chi connectivity index (χ0) is 15.6. The molecule has 2 atom stereocenters. The van der Waals surface area contributed by atoms with Crippen molar-refractivity contribution in [3.8, 4) is 0 Å². The van der Waals surface area contributed by atoms with Crippen LogP contribution in [0.15, 0.2) is 22.7 Å². The Hall–Kier alpha value is -1.21. The molecule has 7 heteroatoms. The van der Waals surface area contributed by atoms with Crippen molar-refractivity contribution in [3.63, 3.8) is 0 Å². The third-order valence-corrected chi connectivity index (χ3v) is 5.60. The lowest BCUT2D eigenvalue weighted by molar-refractivity contribution is 0.0697. The van der Waals surface area contributed by atoms with E-state index in [9.17, 15) is 9.59 Å². The topological polar surface area (TPSA) is 69.6 Å². The summed E-state index contributed by atoms with van der Waals surface area (Å²) in [4.78, 5) is 25.1. The number of nitrogens with one attached hydrogen (secondary N) is 1. The van der Waals surface area contributed by atoms with Crippen LogP contribution in [0.4, 0.5) is 10.5 Å². The molecular weight excluding hydrogens is 356 g/mol. The van der Waals surface area contributed by atoms with E-state index in [0.29, 0.717) is 22.0 Å². The van der Waals surface area contributed by atoms with Gasteiger partial charge in [0, 0.05) is 28.1 Å². The number of benzene rings is 1. The van der Waals surface area contributed by atoms with Crippen molar-refractivity contribution in [1.29, 1.82) is 0 Å². The van der Waals surface area contributed by atoms with E-state index < -0.39 is 5.97 Å². The summed E-state index contributed by atoms with van der Waals surface area (Å²) in [5.74, 6) is -0.0676. The largest absolute Gasteiger partial charge is 0.478 e. The van der Waals surface area contributed by atoms with Gasteiger partial charge < -0.3 is 15.3 Å². The monoisotopic (exact) mass is 372 g/mol. The SMILES string of the molecule is CC1SCCN(C(=O)Nc2ccc(C(=O)O)cc2Br)C1C. The molecule has 2 rings (SSSR count). The lowest BCUT2D eigenvalue weighted by atomic mass is 10.2. The lowest BCUT2D eigenvalue weighted by Gasteiger charge is -2.37. The number of halogens is 1. The number of thioether (sulfide) groups is 1. The molecule has 0 bridgehead atoms. The van der Waals surface area contributed by atoms with Gasteiger partial charge >= 0.3 is 12.0 Å². The number of rotatable bonds is 2. The minimum absolute atomic E-state index is 0.154. The van der Waals surface area contributed by atoms with Gasteiger partial charge in [0.2, 0.25) is 0 Å². The van der Waals surface area contributed by atoms with E-state index >= 15 is 0 Å². The normalized spacial score (nSPS) is 22.0. The third kappa shape index (κ3) is 3.71. The first-order chi connectivity index (χ1) is 9.90. The van der Waals surface area contributed by atoms with Gasteiger partial charge in [-0.2, -0.15) is 11.8 Å². The number of hydrogen-bond donors (Lipinski definition) is 2. The van der Waals surface area contributed by atoms with E-state index in [4.69, 9.17) is 5.11 Å². The Balaban J connectivity index is 2.10. The van der Waals surface area contributed by atoms with E-state index in [2.05, 4.69) is 28.2 Å². The number of carboxylic acid groups (broad SMARTS) is 1. The van der Waals surface area contributed by atoms with Crippen LogP contribution in [0.3, 0.4) is 0 Å². The third-order valence-electron chi connectivity index (χ3n) is 3.60. The number of hydrogen-bond acceptors (Lipinski definition) is 3. The molecule has 0 saturated carbocycles. The molecule has 2 unspecified atom stereocenters. The predicted octanol–water partition coefficient (Wildman–Crippen LogP) is 3.51. The van der Waals surface area contributed by atoms with Crippen LogP contribution in [0.25, 0.3) is 0 Å². The van der Waals surface area contributed by atoms with E-state index in [0.717, 1.165) is 5.75 Å². The fourth-order valence-electron chi connectivity index (χ4n) is 2.16. The molecule has 1 aromatic rings. The van der Waals surface area contributed by atoms with E-state index in [-0.39, 0.29) is 17.6 Å². The summed E-state index contributed by atoms with van der Waals surface area (Å²) in [5.41, 5.74) is 0.749. The average Bonchev–Trinajstić information content (AvgIpc) is 2.43. The smallest absolute Gasteiger partial charge is 0.335 e. The van der Waals surface area contributed by atoms with Crippen molar-refractivity contribution in [3.05, 3.63) is 28.2 Å². The molecule has 21 heavy (non-hydrogen) atoms. The zero-order valence-electron chi connectivity index (χ0n) is 11.8. The Labute approximate surface area is 136 Å². The first kappa shape index (κ1) is 16.2. The van der Waals surface area contributed by atoms with Crippen molar-refractivity contribution in [1.82, 2.24) is 4.90 Å². The van der Waals surface area contributed by atoms with Crippen molar-refractivity contribution in [2.45, 2.75) is 25.1 Å². The number of carbonyl (C=O) groups excluding carboxylic acids is 1. The summed E-state index contributed by atoms with van der Waals surface area (Å²) in [6.07, 6.45) is 0. The Morgan fingerprint density at radius 1 is 1.43 bits per heavy atom. The molecule has 2 amide bonds. The summed E-state index contributed by atoms with van der Waals surface area (Å²) in [6, 6.07) is 4.56. The molecule has 1 aliphatic heterocycles. The maximum absolute atomic E-state index is 12.4. The number of anilines is 1. The molecule has 0 spiro atoms. The highest BCUT2D eigenvalue weighted by molar-refractivity contribution is 9.10. The summed E-state index contributed by atoms with van der Waals surface area (Å²) in [5, 5.41) is 12.2. The minimum atomic E-state index is -0.996. The standard InChI is InChI=1S/C14H17BrN2O3S/c1-8-9(2)21-6-5-17(8)14(20)16-12-4-3-10(13(18)19)7-11(12)15/h3-4,7-9H,5-6H2,1-2H3,(H,16,20)(H,18,19). The minimum Gasteiger partial charge on any atom is -0.478 e. The van der Waals surface area contributed by atoms with Gasteiger partial charge in [-0.15, -0.1) is 0 Å². The predicted molar refractivity (Wildman–Crippen MR) is 88.2 cm³/mol. The summed E-state index contributed by atoms with van der Waals surface area (Å²) in [6.45, 7) is 4.87. The van der Waals surface area contributed by atoms with Crippen LogP contribution in [0, 0.1) is 0 Å². The Morgan fingerprint density at radius 3 is 2.76 bits per heavy atom. The zero-order valence-corrected chi connectivity index (χ0v) is 14.2. The summed E-state index contributed by atoms with van der Waals surface area (Å²) < 4.78 is 0.558. The molecule has 1 aliphatic rings. The van der Waals surface area contributed by atoms with Gasteiger partial charge in [-0.1, -0.05) is 6.92 Å². The Morgan fingerprint density at radius 2 is 2.14 bits per heavy atom. The van der Waals surface area contributed by atoms with Gasteiger partial charge in [0.25, 0.3) is 0 Å². The highest BCUT2D eigenvalue weighted by atomic mass is 79.9. The van der Waals surface area contributed by atoms with Crippen LogP contribution < -0.4 is 5.32 Å². The van der Waals surface area contributed by atoms with Gasteiger partial charge in [-0.3, -0.25) is 0 Å². The fourth-order valence-corrected chi connectivity index (χ4v) is 3.73. The van der Waals surface area contributed by atoms with Crippen LogP contribution >= 0.6 is 27.7 Å². The second-order valence-electron chi connectivity index (χ2n) is 4.94. The molecule has 1 fully saturated rings. The van der Waals surface area contributed by atoms with E-state index in [1.807, 2.05) is 23.6 Å². The first-order valence-electron chi connectivity index (χ1n) is 6.62. The molecule has 1 heterocycles. The molecule has 5 nitrogen and oxygen atoms in total. The number of urea groups is 1. The van der Waals surface area contributed by atoms with Crippen molar-refractivity contribution in [2.24, 2.45) is 0 Å². The fraction of sp³-hybridized carbons (Fsp3) is 0.429. The number of carboxylic acids is 1. The van der Waals surface area contributed by atoms with Gasteiger partial charge in [0.05, 0.1) is 11.3 Å². The van der Waals surface area contributed by atoms with Crippen LogP contribution in [0.5, 0.6) is 0 Å². The van der Waals surface area contributed by atoms with Gasteiger partial charge in [-0.25, -0.2) is 9.59 Å². The second kappa shape index (κ2) is 6.70. The number of nitrogens with zero attached hydrogens (tertiary/aromatic N) is 1. The van der Waals surface area contributed by atoms with E-state index in [1.165, 1.54) is 12.1 Å². The Kier molecular flexibility index (Phi) is 5.16. The maximum atomic E-state index is 12.4. The van der Waals surface area contributed by atoms with Crippen molar-refractivity contribution in [2.75, 3.05) is 17.6 Å². The number of amides is 2. The van der Waals surface area contributed by atoms with Gasteiger partial charge in [0.15, 0.2) is 0 Å². The molecule has 0 aliphatic carbocycles. The average molecular weight is 373 g/mol. The van der Waals surface area contributed by atoms with Crippen LogP contribution in [0.1, 0.15) is 24.2 Å². The molecule has 1 aromatic carbocycles. The first-order valence-corrected chi connectivity index (χ1v) is 8.46. The molecule has 114 valence electrons. The number of carbonyl (C=O) groups is 2. The lowest BCUT2D eigenvalue weighted by Crippen LogP contribution is -2.49. The van der Waals surface area contributed by atoms with Gasteiger partial charge in [0.1, 0.15) is 0 Å². The molecule has 0 aromatic heterocycles. The van der Waals surface area contributed by atoms with E-state index in [1.54, 1.807) is 6.07 Å². The molecule has 0 radical (unpaired) electrons. The highest BCUT2D eigenvalue weighted by Crippen LogP contribution is 2.27. The maximum Gasteiger partial charge on any atom is 0.335 e. The molecule has 2 N–H and O–H groups in total. The Bertz CT molecular complexity index is 567. The van der Waals surface area contributed by atoms with Crippen LogP contribution in [-0.2, 0) is 0 Å². The molecule has 1 saturated heterocycles. The summed E-state index contributed by atoms with van der Waals surface area (Å²) in [7, 11) is 0. The molecular formula is C14H17BrN2O3S. The van der Waals surface area contributed by atoms with Crippen LogP contribution in [-0.4, -0.2) is 45.6 Å². The summed E-state index contributed by atoms with van der Waals surface area (Å²) >= 11 is 5.16. The number of aromatic carboxylic acids is 1. The highest BCUT2D eigenvalue weighted by Gasteiger charge is 2.29. The second-order valence-corrected chi connectivity index (χ2v) is 7.28.